The second-order valence-electron chi connectivity index (χ2n) is 8.81. The summed E-state index contributed by atoms with van der Waals surface area (Å²) in [4.78, 5) is 40.7. The Morgan fingerprint density at radius 1 is 1.23 bits per heavy atom. The molecule has 4 heterocycles. The van der Waals surface area contributed by atoms with E-state index in [0.29, 0.717) is 56.7 Å². The zero-order valence-corrected chi connectivity index (χ0v) is 18.7. The van der Waals surface area contributed by atoms with Crippen LogP contribution in [0, 0.1) is 12.8 Å². The number of nitrogens with zero attached hydrogens (tertiary/aromatic N) is 6. The minimum Gasteiger partial charge on any atom is -0.356 e. The highest BCUT2D eigenvalue weighted by Crippen LogP contribution is 2.39. The van der Waals surface area contributed by atoms with E-state index in [9.17, 15) is 9.59 Å². The predicted octanol–water partition coefficient (Wildman–Crippen LogP) is 3.11. The average Bonchev–Trinajstić information content (AvgIpc) is 3.27. The van der Waals surface area contributed by atoms with E-state index in [1.54, 1.807) is 13.1 Å². The number of aromatic nitrogens is 3. The molecule has 2 aromatic heterocycles. The van der Waals surface area contributed by atoms with Crippen molar-refractivity contribution in [2.24, 2.45) is 5.92 Å². The first-order valence-corrected chi connectivity index (χ1v) is 11.0. The molecule has 2 aliphatic rings. The third-order valence-electron chi connectivity index (χ3n) is 6.05. The van der Waals surface area contributed by atoms with Gasteiger partial charge in [0.25, 0.3) is 11.8 Å². The molecule has 3 amide bonds. The van der Waals surface area contributed by atoms with Gasteiger partial charge in [0.15, 0.2) is 5.82 Å². The number of anilines is 1. The summed E-state index contributed by atoms with van der Waals surface area (Å²) in [5.41, 5.74) is 0.0717. The minimum absolute atomic E-state index is 0.0392. The Balaban J connectivity index is 1.55. The van der Waals surface area contributed by atoms with Gasteiger partial charge in [-0.1, -0.05) is 25.9 Å². The topological polar surface area (TPSA) is 95.7 Å². The third-order valence-corrected chi connectivity index (χ3v) is 6.05. The van der Waals surface area contributed by atoms with Gasteiger partial charge >= 0.3 is 6.03 Å². The van der Waals surface area contributed by atoms with Crippen LogP contribution in [0.4, 0.5) is 10.6 Å². The van der Waals surface area contributed by atoms with Gasteiger partial charge in [0.05, 0.1) is 0 Å². The number of rotatable bonds is 6. The van der Waals surface area contributed by atoms with Gasteiger partial charge in [-0.15, -0.1) is 0 Å². The molecule has 9 nitrogen and oxygen atoms in total. The Bertz CT molecular complexity index is 964. The number of pyridine rings is 1. The summed E-state index contributed by atoms with van der Waals surface area (Å²) in [7, 11) is 0. The number of hydrogen-bond donors (Lipinski definition) is 0. The lowest BCUT2D eigenvalue weighted by molar-refractivity contribution is -0.134. The summed E-state index contributed by atoms with van der Waals surface area (Å²) in [6.07, 6.45) is 3.68. The van der Waals surface area contributed by atoms with Crippen molar-refractivity contribution in [3.05, 3.63) is 24.2 Å². The molecular weight excluding hydrogens is 396 g/mol. The fourth-order valence-corrected chi connectivity index (χ4v) is 4.55. The molecule has 2 saturated heterocycles. The van der Waals surface area contributed by atoms with Crippen LogP contribution >= 0.6 is 0 Å². The van der Waals surface area contributed by atoms with Gasteiger partial charge in [0.1, 0.15) is 11.4 Å². The summed E-state index contributed by atoms with van der Waals surface area (Å²) >= 11 is 0. The van der Waals surface area contributed by atoms with Gasteiger partial charge < -0.3 is 14.3 Å². The number of urea groups is 1. The van der Waals surface area contributed by atoms with E-state index in [-0.39, 0.29) is 11.9 Å². The molecule has 0 aromatic carbocycles. The maximum Gasteiger partial charge on any atom is 0.327 e. The quantitative estimate of drug-likeness (QED) is 0.655. The van der Waals surface area contributed by atoms with Gasteiger partial charge in [-0.2, -0.15) is 4.98 Å². The van der Waals surface area contributed by atoms with Crippen LogP contribution in [0.25, 0.3) is 11.5 Å². The SMILES string of the molecule is CCCN1C(=O)N(CC(C)C)C2(CCN(c3cc(-c4nc(C)no4)ccn3)CC2)C1=O. The summed E-state index contributed by atoms with van der Waals surface area (Å²) in [6, 6.07) is 3.64. The number of piperidine rings is 1. The number of carbonyl (C=O) groups excluding carboxylic acids is 2. The van der Waals surface area contributed by atoms with E-state index in [1.165, 1.54) is 4.90 Å². The van der Waals surface area contributed by atoms with Crippen molar-refractivity contribution in [3.8, 4) is 11.5 Å². The highest BCUT2D eigenvalue weighted by Gasteiger charge is 2.57. The van der Waals surface area contributed by atoms with Crippen molar-refractivity contribution in [2.75, 3.05) is 31.1 Å². The van der Waals surface area contributed by atoms with Gasteiger partial charge in [-0.25, -0.2) is 9.78 Å². The van der Waals surface area contributed by atoms with Crippen molar-refractivity contribution in [2.45, 2.75) is 52.5 Å². The molecule has 2 aliphatic heterocycles. The molecule has 2 aromatic rings. The lowest BCUT2D eigenvalue weighted by Gasteiger charge is -2.43. The number of carbonyl (C=O) groups is 2. The van der Waals surface area contributed by atoms with Crippen molar-refractivity contribution in [3.63, 3.8) is 0 Å². The molecule has 0 radical (unpaired) electrons. The molecule has 0 bridgehead atoms. The first kappa shape index (κ1) is 21.3. The summed E-state index contributed by atoms with van der Waals surface area (Å²) in [5, 5.41) is 3.85. The van der Waals surface area contributed by atoms with Crippen LogP contribution in [0.15, 0.2) is 22.9 Å². The van der Waals surface area contributed by atoms with E-state index >= 15 is 0 Å². The zero-order valence-electron chi connectivity index (χ0n) is 18.7. The average molecular weight is 427 g/mol. The Kier molecular flexibility index (Phi) is 5.68. The van der Waals surface area contributed by atoms with Crippen LogP contribution in [-0.4, -0.2) is 68.6 Å². The molecule has 31 heavy (non-hydrogen) atoms. The van der Waals surface area contributed by atoms with E-state index in [2.05, 4.69) is 33.9 Å². The molecule has 0 unspecified atom stereocenters. The second-order valence-corrected chi connectivity index (χ2v) is 8.81. The molecular formula is C22H30N6O3. The normalized spacial score (nSPS) is 18.7. The predicted molar refractivity (Wildman–Crippen MR) is 115 cm³/mol. The molecule has 4 rings (SSSR count). The third kappa shape index (κ3) is 3.77. The zero-order chi connectivity index (χ0) is 22.2. The fraction of sp³-hybridized carbons (Fsp3) is 0.591. The van der Waals surface area contributed by atoms with Gasteiger partial charge in [-0.05, 0) is 44.2 Å². The number of hydrogen-bond acceptors (Lipinski definition) is 7. The summed E-state index contributed by atoms with van der Waals surface area (Å²) in [6.45, 7) is 10.3. The lowest BCUT2D eigenvalue weighted by Crippen LogP contribution is -2.57. The van der Waals surface area contributed by atoms with Crippen LogP contribution in [0.2, 0.25) is 0 Å². The Hall–Kier alpha value is -2.97. The lowest BCUT2D eigenvalue weighted by atomic mass is 9.85. The van der Waals surface area contributed by atoms with Crippen LogP contribution in [0.1, 0.15) is 45.9 Å². The molecule has 0 aliphatic carbocycles. The number of aryl methyl sites for hydroxylation is 1. The Morgan fingerprint density at radius 3 is 2.58 bits per heavy atom. The summed E-state index contributed by atoms with van der Waals surface area (Å²) < 4.78 is 5.28. The van der Waals surface area contributed by atoms with E-state index in [0.717, 1.165) is 17.8 Å². The molecule has 2 fully saturated rings. The van der Waals surface area contributed by atoms with Crippen molar-refractivity contribution in [1.82, 2.24) is 24.9 Å². The van der Waals surface area contributed by atoms with Crippen LogP contribution in [0.3, 0.4) is 0 Å². The smallest absolute Gasteiger partial charge is 0.327 e. The standard InChI is InChI=1S/C22H30N6O3/c1-5-10-27-20(29)22(28(21(27)30)14-15(2)3)7-11-26(12-8-22)18-13-17(6-9-23-18)19-24-16(4)25-31-19/h6,9,13,15H,5,7-8,10-12,14H2,1-4H3. The Morgan fingerprint density at radius 2 is 1.97 bits per heavy atom. The molecule has 0 N–H and O–H groups in total. The van der Waals surface area contributed by atoms with Crippen molar-refractivity contribution in [1.29, 1.82) is 0 Å². The first-order valence-electron chi connectivity index (χ1n) is 11.0. The summed E-state index contributed by atoms with van der Waals surface area (Å²) in [5.74, 6) is 2.11. The maximum atomic E-state index is 13.4. The highest BCUT2D eigenvalue weighted by molar-refractivity contribution is 6.07. The first-order chi connectivity index (χ1) is 14.9. The Labute approximate surface area is 182 Å². The van der Waals surface area contributed by atoms with Crippen molar-refractivity contribution >= 4 is 17.8 Å². The molecule has 9 heteroatoms. The van der Waals surface area contributed by atoms with E-state index < -0.39 is 5.54 Å². The van der Waals surface area contributed by atoms with E-state index in [1.807, 2.05) is 24.0 Å². The van der Waals surface area contributed by atoms with Gasteiger partial charge in [0.2, 0.25) is 0 Å². The molecule has 166 valence electrons. The number of amides is 3. The minimum atomic E-state index is -0.742. The second kappa shape index (κ2) is 8.28. The number of imide groups is 1. The van der Waals surface area contributed by atoms with E-state index in [4.69, 9.17) is 4.52 Å². The van der Waals surface area contributed by atoms with Gasteiger partial charge in [-0.3, -0.25) is 9.69 Å². The molecule has 0 saturated carbocycles. The van der Waals surface area contributed by atoms with Crippen LogP contribution in [0.5, 0.6) is 0 Å². The van der Waals surface area contributed by atoms with Gasteiger partial charge in [0, 0.05) is 37.9 Å². The van der Waals surface area contributed by atoms with Crippen molar-refractivity contribution < 1.29 is 14.1 Å². The largest absolute Gasteiger partial charge is 0.356 e. The fourth-order valence-electron chi connectivity index (χ4n) is 4.55. The highest BCUT2D eigenvalue weighted by atomic mass is 16.5. The van der Waals surface area contributed by atoms with Crippen LogP contribution in [-0.2, 0) is 4.79 Å². The maximum absolute atomic E-state index is 13.4. The van der Waals surface area contributed by atoms with Crippen LogP contribution < -0.4 is 4.90 Å². The molecule has 1 spiro atoms. The molecule has 0 atom stereocenters. The monoisotopic (exact) mass is 426 g/mol.